The van der Waals surface area contributed by atoms with Gasteiger partial charge in [-0.25, -0.2) is 0 Å². The monoisotopic (exact) mass is 282 g/mol. The van der Waals surface area contributed by atoms with Crippen LogP contribution in [-0.4, -0.2) is 6.10 Å². The number of hydrogen-bond acceptors (Lipinski definition) is 1. The Kier molecular flexibility index (Phi) is 4.28. The lowest BCUT2D eigenvalue weighted by Crippen LogP contribution is -2.25. The second-order valence-electron chi connectivity index (χ2n) is 4.65. The van der Waals surface area contributed by atoms with Crippen LogP contribution in [0.25, 0.3) is 0 Å². The first-order chi connectivity index (χ1) is 7.77. The maximum atomic E-state index is 6.04. The van der Waals surface area contributed by atoms with Gasteiger partial charge in [0.15, 0.2) is 0 Å². The molecule has 0 amide bonds. The highest BCUT2D eigenvalue weighted by atomic mass is 79.9. The third-order valence-corrected chi connectivity index (χ3v) is 4.12. The summed E-state index contributed by atoms with van der Waals surface area (Å²) in [5.74, 6) is 1.71. The number of benzene rings is 1. The Balaban J connectivity index is 1.96. The molecule has 0 saturated heterocycles. The summed E-state index contributed by atoms with van der Waals surface area (Å²) in [6.45, 7) is 2.20. The van der Waals surface area contributed by atoms with Crippen LogP contribution in [0.4, 0.5) is 0 Å². The molecule has 1 aliphatic carbocycles. The molecule has 16 heavy (non-hydrogen) atoms. The van der Waals surface area contributed by atoms with Gasteiger partial charge in [0.05, 0.1) is 10.6 Å². The summed E-state index contributed by atoms with van der Waals surface area (Å²) in [6, 6.07) is 8.10. The van der Waals surface area contributed by atoms with E-state index in [-0.39, 0.29) is 0 Å². The maximum absolute atomic E-state index is 6.04. The third kappa shape index (κ3) is 3.00. The molecule has 2 rings (SSSR count). The first kappa shape index (κ1) is 12.0. The fourth-order valence-electron chi connectivity index (χ4n) is 2.44. The van der Waals surface area contributed by atoms with Crippen molar-refractivity contribution < 1.29 is 4.74 Å². The maximum Gasteiger partial charge on any atom is 0.133 e. The summed E-state index contributed by atoms with van der Waals surface area (Å²) in [4.78, 5) is 0. The first-order valence-electron chi connectivity index (χ1n) is 6.18. The predicted octanol–water partition coefficient (Wildman–Crippen LogP) is 4.80. The molecule has 1 saturated carbocycles. The second kappa shape index (κ2) is 5.72. The van der Waals surface area contributed by atoms with Gasteiger partial charge < -0.3 is 4.74 Å². The lowest BCUT2D eigenvalue weighted by molar-refractivity contribution is 0.122. The summed E-state index contributed by atoms with van der Waals surface area (Å²) in [7, 11) is 0. The molecule has 0 bridgehead atoms. The first-order valence-corrected chi connectivity index (χ1v) is 6.98. The zero-order valence-corrected chi connectivity index (χ0v) is 11.4. The smallest absolute Gasteiger partial charge is 0.133 e. The SMILES string of the molecule is CC(Oc1ccccc1Br)C1CCCCC1. The predicted molar refractivity (Wildman–Crippen MR) is 70.8 cm³/mol. The van der Waals surface area contributed by atoms with Crippen LogP contribution < -0.4 is 4.74 Å². The van der Waals surface area contributed by atoms with Crippen molar-refractivity contribution >= 4 is 15.9 Å². The third-order valence-electron chi connectivity index (χ3n) is 3.46. The Morgan fingerprint density at radius 2 is 1.88 bits per heavy atom. The van der Waals surface area contributed by atoms with Gasteiger partial charge in [-0.2, -0.15) is 0 Å². The molecule has 0 N–H and O–H groups in total. The van der Waals surface area contributed by atoms with Gasteiger partial charge in [0, 0.05) is 0 Å². The Morgan fingerprint density at radius 3 is 2.56 bits per heavy atom. The van der Waals surface area contributed by atoms with E-state index in [9.17, 15) is 0 Å². The van der Waals surface area contributed by atoms with Gasteiger partial charge in [-0.05, 0) is 53.7 Å². The Labute approximate surface area is 106 Å². The Bertz CT molecular complexity index is 331. The zero-order valence-electron chi connectivity index (χ0n) is 9.79. The van der Waals surface area contributed by atoms with Crippen molar-refractivity contribution in [2.75, 3.05) is 0 Å². The molecule has 0 heterocycles. The van der Waals surface area contributed by atoms with E-state index in [1.54, 1.807) is 0 Å². The summed E-state index contributed by atoms with van der Waals surface area (Å²) in [5.41, 5.74) is 0. The summed E-state index contributed by atoms with van der Waals surface area (Å²) in [5, 5.41) is 0. The number of ether oxygens (including phenoxy) is 1. The molecule has 1 unspecified atom stereocenters. The van der Waals surface area contributed by atoms with E-state index in [1.807, 2.05) is 24.3 Å². The molecule has 1 atom stereocenters. The lowest BCUT2D eigenvalue weighted by atomic mass is 9.86. The van der Waals surface area contributed by atoms with Crippen LogP contribution in [0.5, 0.6) is 5.75 Å². The number of rotatable bonds is 3. The van der Waals surface area contributed by atoms with Gasteiger partial charge in [0.1, 0.15) is 5.75 Å². The second-order valence-corrected chi connectivity index (χ2v) is 5.51. The van der Waals surface area contributed by atoms with Crippen molar-refractivity contribution in [3.63, 3.8) is 0 Å². The number of hydrogen-bond donors (Lipinski definition) is 0. The molecule has 1 aromatic carbocycles. The molecule has 0 spiro atoms. The molecule has 1 fully saturated rings. The van der Waals surface area contributed by atoms with E-state index in [1.165, 1.54) is 32.1 Å². The molecular weight excluding hydrogens is 264 g/mol. The van der Waals surface area contributed by atoms with Crippen LogP contribution >= 0.6 is 15.9 Å². The average Bonchev–Trinajstić information content (AvgIpc) is 2.33. The van der Waals surface area contributed by atoms with Crippen LogP contribution in [0.3, 0.4) is 0 Å². The van der Waals surface area contributed by atoms with Crippen molar-refractivity contribution in [1.29, 1.82) is 0 Å². The molecule has 0 radical (unpaired) electrons. The van der Waals surface area contributed by atoms with Gasteiger partial charge in [-0.15, -0.1) is 0 Å². The van der Waals surface area contributed by atoms with Crippen LogP contribution in [0.2, 0.25) is 0 Å². The highest BCUT2D eigenvalue weighted by Gasteiger charge is 2.21. The van der Waals surface area contributed by atoms with E-state index < -0.39 is 0 Å². The fourth-order valence-corrected chi connectivity index (χ4v) is 2.82. The summed E-state index contributed by atoms with van der Waals surface area (Å²) >= 11 is 3.52. The Morgan fingerprint density at radius 1 is 1.19 bits per heavy atom. The van der Waals surface area contributed by atoms with Crippen molar-refractivity contribution in [1.82, 2.24) is 0 Å². The Hall–Kier alpha value is -0.500. The highest BCUT2D eigenvalue weighted by molar-refractivity contribution is 9.10. The van der Waals surface area contributed by atoms with Crippen molar-refractivity contribution in [3.05, 3.63) is 28.7 Å². The lowest BCUT2D eigenvalue weighted by Gasteiger charge is -2.28. The minimum absolute atomic E-state index is 0.332. The summed E-state index contributed by atoms with van der Waals surface area (Å²) in [6.07, 6.45) is 7.12. The molecule has 88 valence electrons. The van der Waals surface area contributed by atoms with E-state index in [0.29, 0.717) is 6.10 Å². The van der Waals surface area contributed by atoms with Gasteiger partial charge in [0.2, 0.25) is 0 Å². The molecule has 2 heteroatoms. The van der Waals surface area contributed by atoms with Gasteiger partial charge >= 0.3 is 0 Å². The number of halogens is 1. The van der Waals surface area contributed by atoms with Gasteiger partial charge in [0.25, 0.3) is 0 Å². The summed E-state index contributed by atoms with van der Waals surface area (Å²) < 4.78 is 7.09. The average molecular weight is 283 g/mol. The van der Waals surface area contributed by atoms with Crippen LogP contribution in [0.15, 0.2) is 28.7 Å². The molecule has 1 aromatic rings. The van der Waals surface area contributed by atoms with Crippen molar-refractivity contribution in [2.24, 2.45) is 5.92 Å². The minimum Gasteiger partial charge on any atom is -0.489 e. The zero-order chi connectivity index (χ0) is 11.4. The standard InChI is InChI=1S/C14H19BrO/c1-11(12-7-3-2-4-8-12)16-14-10-6-5-9-13(14)15/h5-6,9-12H,2-4,7-8H2,1H3. The van der Waals surface area contributed by atoms with E-state index in [0.717, 1.165) is 16.1 Å². The molecule has 1 nitrogen and oxygen atoms in total. The highest BCUT2D eigenvalue weighted by Crippen LogP contribution is 2.31. The molecular formula is C14H19BrO. The van der Waals surface area contributed by atoms with E-state index >= 15 is 0 Å². The van der Waals surface area contributed by atoms with Gasteiger partial charge in [-0.3, -0.25) is 0 Å². The van der Waals surface area contributed by atoms with Crippen LogP contribution in [-0.2, 0) is 0 Å². The van der Waals surface area contributed by atoms with Crippen LogP contribution in [0, 0.1) is 5.92 Å². The minimum atomic E-state index is 0.332. The van der Waals surface area contributed by atoms with Crippen molar-refractivity contribution in [3.8, 4) is 5.75 Å². The molecule has 1 aliphatic rings. The topological polar surface area (TPSA) is 9.23 Å². The van der Waals surface area contributed by atoms with Crippen LogP contribution in [0.1, 0.15) is 39.0 Å². The molecule has 0 aliphatic heterocycles. The van der Waals surface area contributed by atoms with Crippen molar-refractivity contribution in [2.45, 2.75) is 45.1 Å². The van der Waals surface area contributed by atoms with E-state index in [2.05, 4.69) is 22.9 Å². The molecule has 0 aromatic heterocycles. The quantitative estimate of drug-likeness (QED) is 0.774. The van der Waals surface area contributed by atoms with E-state index in [4.69, 9.17) is 4.74 Å². The van der Waals surface area contributed by atoms with Gasteiger partial charge in [-0.1, -0.05) is 31.4 Å². The fraction of sp³-hybridized carbons (Fsp3) is 0.571. The number of para-hydroxylation sites is 1. The normalized spacial score (nSPS) is 19.4. The largest absolute Gasteiger partial charge is 0.489 e.